The van der Waals surface area contributed by atoms with E-state index in [9.17, 15) is 9.59 Å². The fourth-order valence-electron chi connectivity index (χ4n) is 2.10. The lowest BCUT2D eigenvalue weighted by Gasteiger charge is -2.28. The van der Waals surface area contributed by atoms with Crippen LogP contribution in [0.2, 0.25) is 0 Å². The molecule has 1 aliphatic carbocycles. The first kappa shape index (κ1) is 11.4. The van der Waals surface area contributed by atoms with E-state index in [4.69, 9.17) is 9.84 Å². The Morgan fingerprint density at radius 3 is 2.31 bits per heavy atom. The van der Waals surface area contributed by atoms with Crippen LogP contribution >= 0.6 is 0 Å². The quantitative estimate of drug-likeness (QED) is 0.759. The molecule has 0 bridgehead atoms. The van der Waals surface area contributed by atoms with Crippen LogP contribution in [0.5, 0.6) is 0 Å². The van der Waals surface area contributed by atoms with Gasteiger partial charge < -0.3 is 14.7 Å². The number of aliphatic carboxylic acids is 1. The molecule has 0 aromatic carbocycles. The number of carboxylic acids is 1. The third kappa shape index (κ3) is 2.72. The monoisotopic (exact) mass is 227 g/mol. The molecule has 90 valence electrons. The molecule has 0 spiro atoms. The number of rotatable bonds is 4. The van der Waals surface area contributed by atoms with Crippen LogP contribution in [0.15, 0.2) is 0 Å². The second-order valence-electron chi connectivity index (χ2n) is 4.48. The summed E-state index contributed by atoms with van der Waals surface area (Å²) in [7, 11) is 0. The van der Waals surface area contributed by atoms with Crippen molar-refractivity contribution in [2.75, 3.05) is 19.8 Å². The van der Waals surface area contributed by atoms with Gasteiger partial charge in [-0.2, -0.15) is 0 Å². The summed E-state index contributed by atoms with van der Waals surface area (Å²) in [5.74, 6) is -0.950. The normalized spacial score (nSPS) is 21.8. The van der Waals surface area contributed by atoms with E-state index in [1.165, 1.54) is 0 Å². The summed E-state index contributed by atoms with van der Waals surface area (Å²) < 4.78 is 5.20. The van der Waals surface area contributed by atoms with E-state index in [1.807, 2.05) is 0 Å². The van der Waals surface area contributed by atoms with Crippen molar-refractivity contribution in [2.45, 2.75) is 31.7 Å². The van der Waals surface area contributed by atoms with E-state index in [0.717, 1.165) is 25.7 Å². The Morgan fingerprint density at radius 2 is 1.81 bits per heavy atom. The highest BCUT2D eigenvalue weighted by atomic mass is 16.5. The molecule has 0 atom stereocenters. The molecular formula is C11H17NO4. The van der Waals surface area contributed by atoms with Crippen molar-refractivity contribution in [1.82, 2.24) is 4.90 Å². The largest absolute Gasteiger partial charge is 0.480 e. The molecule has 0 unspecified atom stereocenters. The number of amides is 1. The summed E-state index contributed by atoms with van der Waals surface area (Å²) in [5.41, 5.74) is 0. The number of hydrogen-bond donors (Lipinski definition) is 1. The Bertz CT molecular complexity index is 282. The van der Waals surface area contributed by atoms with Gasteiger partial charge in [0.2, 0.25) is 5.91 Å². The number of ether oxygens (including phenoxy) is 1. The molecule has 0 radical (unpaired) electrons. The SMILES string of the molecule is O=C(O)CN(C(=O)C1CCOCC1)C1CC1. The highest BCUT2D eigenvalue weighted by molar-refractivity contribution is 5.83. The lowest BCUT2D eigenvalue weighted by molar-refractivity contribution is -0.148. The molecule has 1 N–H and O–H groups in total. The Hall–Kier alpha value is -1.10. The van der Waals surface area contributed by atoms with Crippen LogP contribution in [0.3, 0.4) is 0 Å². The lowest BCUT2D eigenvalue weighted by Crippen LogP contribution is -2.42. The molecule has 1 aliphatic heterocycles. The first-order chi connectivity index (χ1) is 7.68. The average molecular weight is 227 g/mol. The zero-order chi connectivity index (χ0) is 11.5. The number of nitrogens with zero attached hydrogens (tertiary/aromatic N) is 1. The standard InChI is InChI=1S/C11H17NO4/c13-10(14)7-12(9-1-2-9)11(15)8-3-5-16-6-4-8/h8-9H,1-7H2,(H,13,14). The predicted octanol–water partition coefficient (Wildman–Crippen LogP) is 0.489. The van der Waals surface area contributed by atoms with E-state index in [1.54, 1.807) is 4.90 Å². The van der Waals surface area contributed by atoms with Crippen molar-refractivity contribution >= 4 is 11.9 Å². The van der Waals surface area contributed by atoms with Crippen molar-refractivity contribution in [3.63, 3.8) is 0 Å². The lowest BCUT2D eigenvalue weighted by atomic mass is 9.98. The van der Waals surface area contributed by atoms with Gasteiger partial charge in [-0.05, 0) is 25.7 Å². The van der Waals surface area contributed by atoms with Crippen molar-refractivity contribution in [3.05, 3.63) is 0 Å². The van der Waals surface area contributed by atoms with E-state index in [-0.39, 0.29) is 24.4 Å². The van der Waals surface area contributed by atoms with Crippen LogP contribution in [-0.4, -0.2) is 47.7 Å². The molecule has 16 heavy (non-hydrogen) atoms. The van der Waals surface area contributed by atoms with Gasteiger partial charge >= 0.3 is 5.97 Å². The second-order valence-corrected chi connectivity index (χ2v) is 4.48. The summed E-state index contributed by atoms with van der Waals surface area (Å²) in [6, 6.07) is 0.173. The third-order valence-corrected chi connectivity index (χ3v) is 3.15. The van der Waals surface area contributed by atoms with Crippen LogP contribution in [0, 0.1) is 5.92 Å². The van der Waals surface area contributed by atoms with Gasteiger partial charge in [0, 0.05) is 25.2 Å². The summed E-state index contributed by atoms with van der Waals surface area (Å²) in [5, 5.41) is 8.79. The van der Waals surface area contributed by atoms with Gasteiger partial charge in [-0.3, -0.25) is 9.59 Å². The summed E-state index contributed by atoms with van der Waals surface area (Å²) in [4.78, 5) is 24.4. The Morgan fingerprint density at radius 1 is 1.19 bits per heavy atom. The van der Waals surface area contributed by atoms with E-state index in [2.05, 4.69) is 0 Å². The van der Waals surface area contributed by atoms with Gasteiger partial charge in [0.25, 0.3) is 0 Å². The molecule has 2 rings (SSSR count). The third-order valence-electron chi connectivity index (χ3n) is 3.15. The number of carbonyl (C=O) groups is 2. The average Bonchev–Trinajstić information content (AvgIpc) is 3.10. The highest BCUT2D eigenvalue weighted by Crippen LogP contribution is 2.29. The molecule has 0 aromatic heterocycles. The fraction of sp³-hybridized carbons (Fsp3) is 0.818. The van der Waals surface area contributed by atoms with Crippen molar-refractivity contribution < 1.29 is 19.4 Å². The predicted molar refractivity (Wildman–Crippen MR) is 55.9 cm³/mol. The topological polar surface area (TPSA) is 66.8 Å². The van der Waals surface area contributed by atoms with Gasteiger partial charge in [-0.25, -0.2) is 0 Å². The maximum Gasteiger partial charge on any atom is 0.323 e. The number of hydrogen-bond acceptors (Lipinski definition) is 3. The minimum Gasteiger partial charge on any atom is -0.480 e. The van der Waals surface area contributed by atoms with E-state index in [0.29, 0.717) is 13.2 Å². The molecule has 2 aliphatic rings. The second kappa shape index (κ2) is 4.82. The number of carboxylic acid groups (broad SMARTS) is 1. The maximum atomic E-state index is 12.1. The van der Waals surface area contributed by atoms with Crippen LogP contribution in [0.1, 0.15) is 25.7 Å². The van der Waals surface area contributed by atoms with Gasteiger partial charge in [0.05, 0.1) is 0 Å². The first-order valence-electron chi connectivity index (χ1n) is 5.78. The van der Waals surface area contributed by atoms with Crippen molar-refractivity contribution in [2.24, 2.45) is 5.92 Å². The smallest absolute Gasteiger partial charge is 0.323 e. The molecule has 5 heteroatoms. The van der Waals surface area contributed by atoms with Gasteiger partial charge in [-0.15, -0.1) is 0 Å². The van der Waals surface area contributed by atoms with Gasteiger partial charge in [-0.1, -0.05) is 0 Å². The van der Waals surface area contributed by atoms with Crippen LogP contribution in [-0.2, 0) is 14.3 Å². The molecule has 1 amide bonds. The summed E-state index contributed by atoms with van der Waals surface area (Å²) in [6.45, 7) is 1.07. The molecule has 5 nitrogen and oxygen atoms in total. The van der Waals surface area contributed by atoms with Crippen LogP contribution in [0.4, 0.5) is 0 Å². The first-order valence-corrected chi connectivity index (χ1v) is 5.78. The van der Waals surface area contributed by atoms with Crippen LogP contribution < -0.4 is 0 Å². The summed E-state index contributed by atoms with van der Waals surface area (Å²) >= 11 is 0. The molecule has 0 aromatic rings. The van der Waals surface area contributed by atoms with Crippen LogP contribution in [0.25, 0.3) is 0 Å². The Labute approximate surface area is 94.4 Å². The Balaban J connectivity index is 1.95. The zero-order valence-corrected chi connectivity index (χ0v) is 9.22. The molecule has 2 fully saturated rings. The molecular weight excluding hydrogens is 210 g/mol. The number of carbonyl (C=O) groups excluding carboxylic acids is 1. The van der Waals surface area contributed by atoms with E-state index < -0.39 is 5.97 Å². The maximum absolute atomic E-state index is 12.1. The fourth-order valence-corrected chi connectivity index (χ4v) is 2.10. The summed E-state index contributed by atoms with van der Waals surface area (Å²) in [6.07, 6.45) is 3.34. The minimum absolute atomic E-state index is 0.00759. The Kier molecular flexibility index (Phi) is 3.43. The van der Waals surface area contributed by atoms with E-state index >= 15 is 0 Å². The molecule has 1 saturated heterocycles. The zero-order valence-electron chi connectivity index (χ0n) is 9.22. The highest BCUT2D eigenvalue weighted by Gasteiger charge is 2.37. The van der Waals surface area contributed by atoms with Crippen molar-refractivity contribution in [3.8, 4) is 0 Å². The molecule has 1 saturated carbocycles. The van der Waals surface area contributed by atoms with Gasteiger partial charge in [0.15, 0.2) is 0 Å². The van der Waals surface area contributed by atoms with Gasteiger partial charge in [0.1, 0.15) is 6.54 Å². The minimum atomic E-state index is -0.924. The molecule has 1 heterocycles. The van der Waals surface area contributed by atoms with Crippen molar-refractivity contribution in [1.29, 1.82) is 0 Å².